The molecule has 0 bridgehead atoms. The van der Waals surface area contributed by atoms with Crippen molar-refractivity contribution < 1.29 is 27.4 Å². The van der Waals surface area contributed by atoms with Crippen LogP contribution in [0.25, 0.3) is 28.0 Å². The van der Waals surface area contributed by atoms with Gasteiger partial charge in [0.2, 0.25) is 5.88 Å². The van der Waals surface area contributed by atoms with Crippen LogP contribution in [0.5, 0.6) is 5.88 Å². The van der Waals surface area contributed by atoms with E-state index in [1.54, 1.807) is 12.1 Å². The number of hydrogen-bond acceptors (Lipinski definition) is 6. The molecule has 5 rings (SSSR count). The maximum Gasteiger partial charge on any atom is 0.266 e. The topological polar surface area (TPSA) is 102 Å². The summed E-state index contributed by atoms with van der Waals surface area (Å²) in [7, 11) is 1.35. The van der Waals surface area contributed by atoms with Crippen molar-refractivity contribution in [1.82, 2.24) is 19.9 Å². The fraction of sp³-hybridized carbons (Fsp3) is 0.259. The molecule has 8 nitrogen and oxygen atoms in total. The molecule has 2 aromatic heterocycles. The van der Waals surface area contributed by atoms with Crippen molar-refractivity contribution in [2.24, 2.45) is 0 Å². The van der Waals surface area contributed by atoms with E-state index in [4.69, 9.17) is 9.47 Å². The third-order valence-corrected chi connectivity index (χ3v) is 6.40. The summed E-state index contributed by atoms with van der Waals surface area (Å²) in [6, 6.07) is 11.2. The Morgan fingerprint density at radius 3 is 2.76 bits per heavy atom. The molecule has 1 saturated heterocycles. The Balaban J connectivity index is 1.72. The van der Waals surface area contributed by atoms with Crippen LogP contribution in [0.2, 0.25) is 0 Å². The van der Waals surface area contributed by atoms with Crippen LogP contribution in [0.15, 0.2) is 42.6 Å². The van der Waals surface area contributed by atoms with Crippen molar-refractivity contribution >= 4 is 11.6 Å². The number of rotatable bonds is 6. The van der Waals surface area contributed by atoms with Crippen LogP contribution in [-0.2, 0) is 4.74 Å². The van der Waals surface area contributed by atoms with Gasteiger partial charge in [0.1, 0.15) is 11.9 Å². The van der Waals surface area contributed by atoms with E-state index in [0.29, 0.717) is 36.3 Å². The fourth-order valence-electron chi connectivity index (χ4n) is 4.32. The summed E-state index contributed by atoms with van der Waals surface area (Å²) in [6.07, 6.45) is -1.50. The molecule has 0 saturated carbocycles. The maximum absolute atomic E-state index is 15.3. The van der Waals surface area contributed by atoms with Crippen LogP contribution < -0.4 is 10.1 Å². The van der Waals surface area contributed by atoms with E-state index in [1.165, 1.54) is 23.8 Å². The third-order valence-electron chi connectivity index (χ3n) is 6.40. The van der Waals surface area contributed by atoms with Crippen LogP contribution in [0.3, 0.4) is 0 Å². The number of fused-ring (bicyclic) bond motifs is 1. The second kappa shape index (κ2) is 10.1. The lowest BCUT2D eigenvalue weighted by molar-refractivity contribution is 0.0962. The number of carbonyl (C=O) groups excluding carboxylic acids is 1. The van der Waals surface area contributed by atoms with Crippen molar-refractivity contribution in [3.8, 4) is 34.3 Å². The zero-order valence-corrected chi connectivity index (χ0v) is 20.5. The van der Waals surface area contributed by atoms with E-state index >= 15 is 4.39 Å². The number of halogens is 3. The molecule has 1 N–H and O–H groups in total. The van der Waals surface area contributed by atoms with Gasteiger partial charge in [0.25, 0.3) is 12.3 Å². The molecule has 194 valence electrons. The summed E-state index contributed by atoms with van der Waals surface area (Å²) in [5.74, 6) is -1.64. The predicted molar refractivity (Wildman–Crippen MR) is 131 cm³/mol. The van der Waals surface area contributed by atoms with Crippen molar-refractivity contribution in [2.75, 3.05) is 20.3 Å². The summed E-state index contributed by atoms with van der Waals surface area (Å²) in [5, 5.41) is 16.5. The van der Waals surface area contributed by atoms with Gasteiger partial charge in [-0.25, -0.2) is 22.7 Å². The molecular formula is C27H22F3N5O3. The molecule has 1 aliphatic rings. The number of hydrogen-bond donors (Lipinski definition) is 1. The molecule has 0 spiro atoms. The molecule has 11 heteroatoms. The Kier molecular flexibility index (Phi) is 6.73. The molecule has 0 unspecified atom stereocenters. The number of carbonyl (C=O) groups is 1. The summed E-state index contributed by atoms with van der Waals surface area (Å²) >= 11 is 0. The van der Waals surface area contributed by atoms with Crippen molar-refractivity contribution in [2.45, 2.75) is 25.9 Å². The van der Waals surface area contributed by atoms with E-state index in [-0.39, 0.29) is 34.5 Å². The Morgan fingerprint density at radius 1 is 1.26 bits per heavy atom. The van der Waals surface area contributed by atoms with Crippen LogP contribution in [0.4, 0.5) is 13.2 Å². The van der Waals surface area contributed by atoms with Crippen LogP contribution in [0.1, 0.15) is 39.9 Å². The summed E-state index contributed by atoms with van der Waals surface area (Å²) < 4.78 is 55.5. The molecular weight excluding hydrogens is 499 g/mol. The molecule has 1 atom stereocenters. The molecule has 1 aliphatic heterocycles. The van der Waals surface area contributed by atoms with Gasteiger partial charge in [-0.1, -0.05) is 12.1 Å². The van der Waals surface area contributed by atoms with Gasteiger partial charge in [-0.3, -0.25) is 4.79 Å². The minimum atomic E-state index is -3.14. The largest absolute Gasteiger partial charge is 0.470 e. The fourth-order valence-corrected chi connectivity index (χ4v) is 4.32. The highest BCUT2D eigenvalue weighted by Crippen LogP contribution is 2.36. The number of nitriles is 1. The second-order valence-corrected chi connectivity index (χ2v) is 8.83. The normalized spacial score (nSPS) is 15.1. The number of aromatic nitrogens is 3. The Bertz CT molecular complexity index is 1590. The number of benzene rings is 2. The van der Waals surface area contributed by atoms with Gasteiger partial charge in [-0.15, -0.1) is 5.10 Å². The zero-order valence-electron chi connectivity index (χ0n) is 20.5. The smallest absolute Gasteiger partial charge is 0.266 e. The van der Waals surface area contributed by atoms with E-state index in [1.807, 2.05) is 19.1 Å². The van der Waals surface area contributed by atoms with Gasteiger partial charge >= 0.3 is 0 Å². The standard InChI is InChI=1S/C27H22F3N5O3/c1-14-3-4-15(7-17(14)11-31)19-10-23-33-12-22(35(23)34-27(19)38-18-5-6-37-13-18)20-8-16(26(36)32-2)9-21(24(20)28)25(29)30/h3-4,7-10,12,18,25H,5-6,13H2,1-2H3,(H,32,36)/t18-/m0/s1. The van der Waals surface area contributed by atoms with Gasteiger partial charge in [0.15, 0.2) is 5.65 Å². The first-order valence-corrected chi connectivity index (χ1v) is 11.8. The predicted octanol–water partition coefficient (Wildman–Crippen LogP) is 4.85. The number of alkyl halides is 2. The average Bonchev–Trinajstić information content (AvgIpc) is 3.58. The number of imidazole rings is 1. The first-order chi connectivity index (χ1) is 18.3. The quantitative estimate of drug-likeness (QED) is 0.389. The van der Waals surface area contributed by atoms with Crippen LogP contribution in [0, 0.1) is 24.1 Å². The van der Waals surface area contributed by atoms with Crippen molar-refractivity contribution in [3.05, 3.63) is 70.7 Å². The molecule has 1 amide bonds. The molecule has 2 aromatic carbocycles. The first kappa shape index (κ1) is 25.2. The van der Waals surface area contributed by atoms with E-state index in [2.05, 4.69) is 21.5 Å². The monoisotopic (exact) mass is 521 g/mol. The number of nitrogens with one attached hydrogen (secondary N) is 1. The summed E-state index contributed by atoms with van der Waals surface area (Å²) in [5.41, 5.74) is 1.55. The highest BCUT2D eigenvalue weighted by atomic mass is 19.3. The first-order valence-electron chi connectivity index (χ1n) is 11.8. The number of aryl methyl sites for hydroxylation is 1. The third kappa shape index (κ3) is 4.54. The van der Waals surface area contributed by atoms with Crippen LogP contribution >= 0.6 is 0 Å². The minimum absolute atomic E-state index is 0.0610. The molecule has 0 radical (unpaired) electrons. The van der Waals surface area contributed by atoms with E-state index in [9.17, 15) is 18.8 Å². The van der Waals surface area contributed by atoms with Gasteiger partial charge in [0.05, 0.1) is 42.3 Å². The highest BCUT2D eigenvalue weighted by Gasteiger charge is 2.25. The molecule has 0 aliphatic carbocycles. The second-order valence-electron chi connectivity index (χ2n) is 8.83. The maximum atomic E-state index is 15.3. The Hall–Kier alpha value is -4.43. The molecule has 3 heterocycles. The average molecular weight is 521 g/mol. The van der Waals surface area contributed by atoms with Gasteiger partial charge in [-0.05, 0) is 42.3 Å². The van der Waals surface area contributed by atoms with Gasteiger partial charge in [-0.2, -0.15) is 5.26 Å². The zero-order chi connectivity index (χ0) is 27.0. The summed E-state index contributed by atoms with van der Waals surface area (Å²) in [4.78, 5) is 16.6. The molecule has 4 aromatic rings. The number of amides is 1. The number of nitrogens with zero attached hydrogens (tertiary/aromatic N) is 4. The lowest BCUT2D eigenvalue weighted by atomic mass is 10.0. The molecule has 1 fully saturated rings. The Labute approximate surface area is 215 Å². The van der Waals surface area contributed by atoms with Gasteiger partial charge in [0, 0.05) is 30.2 Å². The summed E-state index contributed by atoms with van der Waals surface area (Å²) in [6.45, 7) is 2.70. The van der Waals surface area contributed by atoms with Crippen LogP contribution in [-0.4, -0.2) is 46.9 Å². The van der Waals surface area contributed by atoms with E-state index < -0.39 is 23.7 Å². The highest BCUT2D eigenvalue weighted by molar-refractivity contribution is 5.95. The lowest BCUT2D eigenvalue weighted by Gasteiger charge is -2.16. The minimum Gasteiger partial charge on any atom is -0.470 e. The van der Waals surface area contributed by atoms with Crippen molar-refractivity contribution in [3.63, 3.8) is 0 Å². The number of ether oxygens (including phenoxy) is 2. The SMILES string of the molecule is CNC(=O)c1cc(-c2cnc3cc(-c4ccc(C)c(C#N)c4)c(O[C@H]4CCOC4)nn23)c(F)c(C(F)F)c1. The molecule has 38 heavy (non-hydrogen) atoms. The van der Waals surface area contributed by atoms with Crippen molar-refractivity contribution in [1.29, 1.82) is 5.26 Å². The lowest BCUT2D eigenvalue weighted by Crippen LogP contribution is -2.19. The van der Waals surface area contributed by atoms with Gasteiger partial charge < -0.3 is 14.8 Å². The Morgan fingerprint density at radius 2 is 2.08 bits per heavy atom. The van der Waals surface area contributed by atoms with E-state index in [0.717, 1.165) is 11.6 Å².